The van der Waals surface area contributed by atoms with Crippen LogP contribution in [0.15, 0.2) is 47.6 Å². The van der Waals surface area contributed by atoms with E-state index in [0.29, 0.717) is 33.5 Å². The van der Waals surface area contributed by atoms with E-state index in [4.69, 9.17) is 9.47 Å². The van der Waals surface area contributed by atoms with Crippen LogP contribution in [0.2, 0.25) is 0 Å². The molecule has 10 heteroatoms. The van der Waals surface area contributed by atoms with Crippen molar-refractivity contribution >= 4 is 23.5 Å². The molecule has 0 aliphatic carbocycles. The number of hydrogen-bond acceptors (Lipinski definition) is 9. The summed E-state index contributed by atoms with van der Waals surface area (Å²) >= 11 is 1.19. The van der Waals surface area contributed by atoms with Crippen molar-refractivity contribution in [2.45, 2.75) is 5.16 Å². The smallest absolute Gasteiger partial charge is 0.337 e. The van der Waals surface area contributed by atoms with Crippen LogP contribution in [0.1, 0.15) is 20.7 Å². The summed E-state index contributed by atoms with van der Waals surface area (Å²) in [5, 5.41) is 12.0. The van der Waals surface area contributed by atoms with Gasteiger partial charge in [0.2, 0.25) is 5.16 Å². The number of methoxy groups -OCH3 is 3. The number of carbonyl (C=O) groups is 2. The van der Waals surface area contributed by atoms with Crippen LogP contribution in [0.4, 0.5) is 0 Å². The SMILES string of the molecule is COC(=O)c1ccc(-n2nnnc2SCC(=O)c2cc(OC)ccc2OC)cc1. The first-order valence-electron chi connectivity index (χ1n) is 8.42. The lowest BCUT2D eigenvalue weighted by molar-refractivity contribution is 0.0600. The van der Waals surface area contributed by atoms with E-state index in [1.807, 2.05) is 0 Å². The van der Waals surface area contributed by atoms with Crippen molar-refractivity contribution < 1.29 is 23.8 Å². The summed E-state index contributed by atoms with van der Waals surface area (Å²) in [5.41, 5.74) is 1.48. The summed E-state index contributed by atoms with van der Waals surface area (Å²) in [6.45, 7) is 0. The molecule has 2 aromatic carbocycles. The largest absolute Gasteiger partial charge is 0.497 e. The lowest BCUT2D eigenvalue weighted by Crippen LogP contribution is -2.07. The Hall–Kier alpha value is -3.40. The first-order chi connectivity index (χ1) is 14.1. The highest BCUT2D eigenvalue weighted by Crippen LogP contribution is 2.27. The second-order valence-corrected chi connectivity index (χ2v) is 6.63. The lowest BCUT2D eigenvalue weighted by atomic mass is 10.1. The van der Waals surface area contributed by atoms with E-state index >= 15 is 0 Å². The van der Waals surface area contributed by atoms with Gasteiger partial charge in [-0.25, -0.2) is 4.79 Å². The quantitative estimate of drug-likeness (QED) is 0.312. The summed E-state index contributed by atoms with van der Waals surface area (Å²) in [7, 11) is 4.36. The Morgan fingerprint density at radius 2 is 1.79 bits per heavy atom. The van der Waals surface area contributed by atoms with Crippen LogP contribution in [0, 0.1) is 0 Å². The van der Waals surface area contributed by atoms with Gasteiger partial charge in [-0.2, -0.15) is 4.68 Å². The third kappa shape index (κ3) is 4.54. The zero-order valence-corrected chi connectivity index (χ0v) is 16.8. The zero-order valence-electron chi connectivity index (χ0n) is 16.0. The molecule has 9 nitrogen and oxygen atoms in total. The topological polar surface area (TPSA) is 105 Å². The maximum Gasteiger partial charge on any atom is 0.337 e. The van der Waals surface area contributed by atoms with Crippen LogP contribution in [0.3, 0.4) is 0 Å². The van der Waals surface area contributed by atoms with E-state index in [-0.39, 0.29) is 11.5 Å². The Morgan fingerprint density at radius 1 is 1.03 bits per heavy atom. The molecule has 3 aromatic rings. The van der Waals surface area contributed by atoms with E-state index in [0.717, 1.165) is 0 Å². The molecule has 0 aliphatic heterocycles. The molecule has 150 valence electrons. The molecule has 0 amide bonds. The number of carbonyl (C=O) groups excluding carboxylic acids is 2. The molecular weight excluding hydrogens is 396 g/mol. The van der Waals surface area contributed by atoms with Crippen LogP contribution in [-0.4, -0.2) is 59.0 Å². The molecule has 0 radical (unpaired) electrons. The monoisotopic (exact) mass is 414 g/mol. The van der Waals surface area contributed by atoms with Crippen molar-refractivity contribution in [3.63, 3.8) is 0 Å². The van der Waals surface area contributed by atoms with Gasteiger partial charge in [0.1, 0.15) is 11.5 Å². The Labute approximate surface area is 171 Å². The summed E-state index contributed by atoms with van der Waals surface area (Å²) in [4.78, 5) is 24.3. The van der Waals surface area contributed by atoms with Crippen molar-refractivity contribution in [2.75, 3.05) is 27.1 Å². The van der Waals surface area contributed by atoms with Gasteiger partial charge in [0, 0.05) is 0 Å². The first kappa shape index (κ1) is 20.3. The molecule has 0 fully saturated rings. The van der Waals surface area contributed by atoms with Gasteiger partial charge in [0.25, 0.3) is 0 Å². The van der Waals surface area contributed by atoms with Gasteiger partial charge in [-0.15, -0.1) is 5.10 Å². The minimum atomic E-state index is -0.430. The summed E-state index contributed by atoms with van der Waals surface area (Å²) < 4.78 is 16.6. The number of benzene rings is 2. The molecular formula is C19H18N4O5S. The molecule has 0 aliphatic rings. The zero-order chi connectivity index (χ0) is 20.8. The van der Waals surface area contributed by atoms with E-state index < -0.39 is 5.97 Å². The van der Waals surface area contributed by atoms with E-state index in [1.54, 1.807) is 42.5 Å². The van der Waals surface area contributed by atoms with E-state index in [9.17, 15) is 9.59 Å². The van der Waals surface area contributed by atoms with Crippen LogP contribution < -0.4 is 9.47 Å². The Bertz CT molecular complexity index is 1020. The minimum absolute atomic E-state index is 0.101. The van der Waals surface area contributed by atoms with Crippen LogP contribution in [0.25, 0.3) is 5.69 Å². The van der Waals surface area contributed by atoms with Gasteiger partial charge in [0.05, 0.1) is 43.9 Å². The molecule has 3 rings (SSSR count). The molecule has 0 spiro atoms. The van der Waals surface area contributed by atoms with Crippen LogP contribution in [-0.2, 0) is 4.74 Å². The van der Waals surface area contributed by atoms with Gasteiger partial charge >= 0.3 is 5.97 Å². The highest BCUT2D eigenvalue weighted by molar-refractivity contribution is 7.99. The second kappa shape index (κ2) is 9.20. The fourth-order valence-corrected chi connectivity index (χ4v) is 3.30. The van der Waals surface area contributed by atoms with Crippen molar-refractivity contribution in [3.8, 4) is 17.2 Å². The van der Waals surface area contributed by atoms with Gasteiger partial charge in [-0.1, -0.05) is 11.8 Å². The summed E-state index contributed by atoms with van der Waals surface area (Å²) in [5.74, 6) is 0.551. The number of ketones is 1. The third-order valence-corrected chi connectivity index (χ3v) is 4.93. The Kier molecular flexibility index (Phi) is 6.45. The van der Waals surface area contributed by atoms with Crippen molar-refractivity contribution in [1.29, 1.82) is 0 Å². The van der Waals surface area contributed by atoms with E-state index in [1.165, 1.54) is 37.8 Å². The fraction of sp³-hybridized carbons (Fsp3) is 0.211. The van der Waals surface area contributed by atoms with Crippen molar-refractivity contribution in [1.82, 2.24) is 20.2 Å². The molecule has 0 saturated carbocycles. The lowest BCUT2D eigenvalue weighted by Gasteiger charge is -2.09. The molecule has 0 unspecified atom stereocenters. The number of hydrogen-bond donors (Lipinski definition) is 0. The maximum absolute atomic E-state index is 12.7. The average Bonchev–Trinajstić information content (AvgIpc) is 3.25. The third-order valence-electron chi connectivity index (χ3n) is 4.01. The standard InChI is InChI=1S/C19H18N4O5S/c1-26-14-8-9-17(27-2)15(10-14)16(24)11-29-19-20-21-22-23(19)13-6-4-12(5-7-13)18(25)28-3/h4-10H,11H2,1-3H3. The molecule has 1 aromatic heterocycles. The summed E-state index contributed by atoms with van der Waals surface area (Å²) in [6.07, 6.45) is 0. The number of Topliss-reactive ketones (excluding diaryl/α,β-unsaturated/α-hetero) is 1. The van der Waals surface area contributed by atoms with Gasteiger partial charge in [-0.05, 0) is 52.9 Å². The second-order valence-electron chi connectivity index (χ2n) is 5.69. The number of rotatable bonds is 8. The molecule has 1 heterocycles. The highest BCUT2D eigenvalue weighted by Gasteiger charge is 2.17. The van der Waals surface area contributed by atoms with Crippen molar-refractivity contribution in [3.05, 3.63) is 53.6 Å². The fourth-order valence-electron chi connectivity index (χ4n) is 2.53. The average molecular weight is 414 g/mol. The predicted molar refractivity (Wildman–Crippen MR) is 105 cm³/mol. The Morgan fingerprint density at radius 3 is 2.45 bits per heavy atom. The molecule has 0 N–H and O–H groups in total. The number of nitrogens with zero attached hydrogens (tertiary/aromatic N) is 4. The van der Waals surface area contributed by atoms with Crippen LogP contribution in [0.5, 0.6) is 11.5 Å². The van der Waals surface area contributed by atoms with Crippen molar-refractivity contribution in [2.24, 2.45) is 0 Å². The maximum atomic E-state index is 12.7. The predicted octanol–water partition coefficient (Wildman–Crippen LogP) is 2.44. The Balaban J connectivity index is 1.76. The first-order valence-corrected chi connectivity index (χ1v) is 9.41. The van der Waals surface area contributed by atoms with Gasteiger partial charge < -0.3 is 14.2 Å². The van der Waals surface area contributed by atoms with Gasteiger partial charge in [-0.3, -0.25) is 4.79 Å². The number of tetrazole rings is 1. The van der Waals surface area contributed by atoms with E-state index in [2.05, 4.69) is 20.3 Å². The van der Waals surface area contributed by atoms with Gasteiger partial charge in [0.15, 0.2) is 5.78 Å². The minimum Gasteiger partial charge on any atom is -0.497 e. The number of thioether (sulfide) groups is 1. The number of aromatic nitrogens is 4. The molecule has 0 atom stereocenters. The molecule has 29 heavy (non-hydrogen) atoms. The highest BCUT2D eigenvalue weighted by atomic mass is 32.2. The molecule has 0 bridgehead atoms. The number of esters is 1. The molecule has 0 saturated heterocycles. The summed E-state index contributed by atoms with van der Waals surface area (Å²) in [6, 6.07) is 11.7. The van der Waals surface area contributed by atoms with Crippen LogP contribution >= 0.6 is 11.8 Å². The normalized spacial score (nSPS) is 10.4. The number of ether oxygens (including phenoxy) is 3.